The van der Waals surface area contributed by atoms with Crippen molar-refractivity contribution in [1.29, 1.82) is 5.41 Å². The Bertz CT molecular complexity index is 852. The lowest BCUT2D eigenvalue weighted by molar-refractivity contribution is -0.128. The molecule has 2 N–H and O–H groups in total. The van der Waals surface area contributed by atoms with Crippen molar-refractivity contribution in [3.05, 3.63) is 64.6 Å². The molecular formula is C22H26N2O4. The Hall–Kier alpha value is -3.02. The molecular weight excluding hydrogens is 356 g/mol. The molecule has 6 heteroatoms. The number of carbonyl (C=O) groups is 1. The van der Waals surface area contributed by atoms with Crippen molar-refractivity contribution in [2.45, 2.75) is 13.3 Å². The van der Waals surface area contributed by atoms with Gasteiger partial charge in [0.2, 0.25) is 0 Å². The number of carbonyl (C=O) groups excluding carboxylic acids is 1. The number of fused-ring (bicyclic) bond motifs is 1. The molecule has 0 radical (unpaired) electrons. The summed E-state index contributed by atoms with van der Waals surface area (Å²) >= 11 is 0. The molecule has 2 atom stereocenters. The number of rotatable bonds is 5. The number of hydrogen-bond donors (Lipinski definition) is 2. The fourth-order valence-electron chi connectivity index (χ4n) is 3.73. The van der Waals surface area contributed by atoms with E-state index in [1.807, 2.05) is 25.1 Å². The number of piperidine rings is 1. The molecule has 6 nitrogen and oxygen atoms in total. The summed E-state index contributed by atoms with van der Waals surface area (Å²) in [6.07, 6.45) is 5.77. The molecule has 148 valence electrons. The molecule has 1 aliphatic heterocycles. The van der Waals surface area contributed by atoms with Crippen molar-refractivity contribution < 1.29 is 19.4 Å². The molecule has 2 unspecified atom stereocenters. The van der Waals surface area contributed by atoms with E-state index in [9.17, 15) is 9.90 Å². The summed E-state index contributed by atoms with van der Waals surface area (Å²) in [7, 11) is 3.22. The summed E-state index contributed by atoms with van der Waals surface area (Å²) in [4.78, 5) is 14.7. The van der Waals surface area contributed by atoms with Gasteiger partial charge in [-0.1, -0.05) is 29.8 Å². The first-order valence-electron chi connectivity index (χ1n) is 9.30. The number of methoxy groups -OCH3 is 2. The smallest absolute Gasteiger partial charge is 0.259 e. The Morgan fingerprint density at radius 3 is 2.32 bits per heavy atom. The van der Waals surface area contributed by atoms with Crippen molar-refractivity contribution >= 4 is 17.9 Å². The maximum Gasteiger partial charge on any atom is 0.259 e. The highest BCUT2D eigenvalue weighted by molar-refractivity contribution is 6.16. The van der Waals surface area contributed by atoms with Crippen molar-refractivity contribution in [3.8, 4) is 0 Å². The molecule has 0 saturated carbocycles. The highest BCUT2D eigenvalue weighted by Gasteiger charge is 2.34. The van der Waals surface area contributed by atoms with E-state index in [-0.39, 0.29) is 29.1 Å². The summed E-state index contributed by atoms with van der Waals surface area (Å²) < 4.78 is 10.8. The zero-order valence-electron chi connectivity index (χ0n) is 16.4. The molecule has 1 aromatic rings. The summed E-state index contributed by atoms with van der Waals surface area (Å²) in [5, 5.41) is 18.3. The van der Waals surface area contributed by atoms with Gasteiger partial charge in [-0.15, -0.1) is 0 Å². The molecule has 1 fully saturated rings. The number of allylic oxidation sites excluding steroid dienone is 1. The van der Waals surface area contributed by atoms with E-state index in [0.29, 0.717) is 24.4 Å². The lowest BCUT2D eigenvalue weighted by atomic mass is 9.81. The third kappa shape index (κ3) is 3.81. The predicted molar refractivity (Wildman–Crippen MR) is 108 cm³/mol. The SMILES string of the molecule is COC1=CC2CCN(C(=O)/C(C=N)=C(/O)c3ccc(C)cc3)CC2C=C1OC. The van der Waals surface area contributed by atoms with E-state index in [0.717, 1.165) is 24.0 Å². The molecule has 0 bridgehead atoms. The second kappa shape index (κ2) is 8.33. The van der Waals surface area contributed by atoms with Gasteiger partial charge in [0.25, 0.3) is 5.91 Å². The first-order chi connectivity index (χ1) is 13.5. The molecule has 1 aromatic carbocycles. The maximum absolute atomic E-state index is 13.0. The van der Waals surface area contributed by atoms with Crippen LogP contribution in [0.4, 0.5) is 0 Å². The number of aryl methyl sites for hydroxylation is 1. The third-order valence-electron chi connectivity index (χ3n) is 5.37. The van der Waals surface area contributed by atoms with Crippen molar-refractivity contribution in [3.63, 3.8) is 0 Å². The monoisotopic (exact) mass is 382 g/mol. The third-order valence-corrected chi connectivity index (χ3v) is 5.37. The standard InChI is InChI=1S/C22H26N2O4/c1-14-4-6-15(7-5-14)21(25)18(12-23)22(26)24-9-8-16-10-19(27-2)20(28-3)11-17(16)13-24/h4-7,10-12,16-17,23,25H,8-9,13H2,1-3H3/b21-18+,23-12?. The molecule has 1 heterocycles. The number of amides is 1. The van der Waals surface area contributed by atoms with Crippen molar-refractivity contribution in [1.82, 2.24) is 4.90 Å². The Kier molecular flexibility index (Phi) is 5.87. The van der Waals surface area contributed by atoms with Crippen LogP contribution in [0, 0.1) is 24.2 Å². The van der Waals surface area contributed by atoms with E-state index in [4.69, 9.17) is 14.9 Å². The van der Waals surface area contributed by atoms with Crippen LogP contribution in [0.15, 0.2) is 53.5 Å². The van der Waals surface area contributed by atoms with Crippen LogP contribution in [0.1, 0.15) is 17.5 Å². The molecule has 1 saturated heterocycles. The van der Waals surface area contributed by atoms with E-state index in [1.54, 1.807) is 31.3 Å². The van der Waals surface area contributed by atoms with Gasteiger partial charge in [-0.2, -0.15) is 0 Å². The van der Waals surface area contributed by atoms with Gasteiger partial charge < -0.3 is 24.9 Å². The fourth-order valence-corrected chi connectivity index (χ4v) is 3.73. The fraction of sp³-hybridized carbons (Fsp3) is 0.364. The number of likely N-dealkylation sites (tertiary alicyclic amines) is 1. The highest BCUT2D eigenvalue weighted by Crippen LogP contribution is 2.35. The van der Waals surface area contributed by atoms with Crippen LogP contribution in [0.25, 0.3) is 5.76 Å². The number of ether oxygens (including phenoxy) is 2. The molecule has 3 rings (SSSR count). The van der Waals surface area contributed by atoms with E-state index in [1.165, 1.54) is 0 Å². The van der Waals surface area contributed by atoms with Gasteiger partial charge in [0.1, 0.15) is 5.76 Å². The van der Waals surface area contributed by atoms with Gasteiger partial charge >= 0.3 is 0 Å². The lowest BCUT2D eigenvalue weighted by Crippen LogP contribution is -2.44. The first kappa shape index (κ1) is 19.7. The second-order valence-electron chi connectivity index (χ2n) is 7.11. The molecule has 1 amide bonds. The zero-order chi connectivity index (χ0) is 20.3. The minimum absolute atomic E-state index is 0.00202. The summed E-state index contributed by atoms with van der Waals surface area (Å²) in [5.74, 6) is 1.28. The van der Waals surface area contributed by atoms with E-state index < -0.39 is 0 Å². The number of aliphatic hydroxyl groups excluding tert-OH is 1. The van der Waals surface area contributed by atoms with E-state index >= 15 is 0 Å². The minimum atomic E-state index is -0.333. The largest absolute Gasteiger partial charge is 0.506 e. The Morgan fingerprint density at radius 2 is 1.75 bits per heavy atom. The van der Waals surface area contributed by atoms with E-state index in [2.05, 4.69) is 6.08 Å². The van der Waals surface area contributed by atoms with Gasteiger partial charge in [-0.25, -0.2) is 0 Å². The summed E-state index contributed by atoms with van der Waals surface area (Å²) in [6.45, 7) is 3.01. The number of nitrogens with one attached hydrogen (secondary N) is 1. The minimum Gasteiger partial charge on any atom is -0.506 e. The maximum atomic E-state index is 13.0. The normalized spacial score (nSPS) is 22.3. The molecule has 1 aliphatic carbocycles. The zero-order valence-corrected chi connectivity index (χ0v) is 16.4. The predicted octanol–water partition coefficient (Wildman–Crippen LogP) is 3.45. The average Bonchev–Trinajstić information content (AvgIpc) is 2.73. The van der Waals surface area contributed by atoms with Crippen LogP contribution in [-0.4, -0.2) is 49.4 Å². The van der Waals surface area contributed by atoms with Crippen LogP contribution in [0.2, 0.25) is 0 Å². The molecule has 0 aromatic heterocycles. The number of nitrogens with zero attached hydrogens (tertiary/aromatic N) is 1. The van der Waals surface area contributed by atoms with Gasteiger partial charge in [0, 0.05) is 30.8 Å². The number of aliphatic hydroxyl groups is 1. The van der Waals surface area contributed by atoms with Gasteiger partial charge in [0.05, 0.1) is 19.8 Å². The second-order valence-corrected chi connectivity index (χ2v) is 7.11. The topological polar surface area (TPSA) is 82.9 Å². The quantitative estimate of drug-likeness (QED) is 0.464. The number of hydrogen-bond acceptors (Lipinski definition) is 5. The van der Waals surface area contributed by atoms with Gasteiger partial charge in [-0.3, -0.25) is 4.79 Å². The summed E-state index contributed by atoms with van der Waals surface area (Å²) in [6, 6.07) is 7.22. The van der Waals surface area contributed by atoms with Crippen LogP contribution in [0.3, 0.4) is 0 Å². The van der Waals surface area contributed by atoms with Crippen molar-refractivity contribution in [2.24, 2.45) is 11.8 Å². The van der Waals surface area contributed by atoms with Crippen LogP contribution in [0.5, 0.6) is 0 Å². The Morgan fingerprint density at radius 1 is 1.14 bits per heavy atom. The molecule has 28 heavy (non-hydrogen) atoms. The first-order valence-corrected chi connectivity index (χ1v) is 9.30. The van der Waals surface area contributed by atoms with Gasteiger partial charge in [0.15, 0.2) is 11.5 Å². The molecule has 0 spiro atoms. The Balaban J connectivity index is 1.82. The van der Waals surface area contributed by atoms with Gasteiger partial charge in [-0.05, 0) is 31.4 Å². The number of benzene rings is 1. The Labute approximate surface area is 165 Å². The lowest BCUT2D eigenvalue weighted by Gasteiger charge is -2.38. The molecule has 2 aliphatic rings. The summed E-state index contributed by atoms with van der Waals surface area (Å²) in [5.41, 5.74) is 1.59. The van der Waals surface area contributed by atoms with Crippen LogP contribution in [-0.2, 0) is 14.3 Å². The van der Waals surface area contributed by atoms with Crippen LogP contribution >= 0.6 is 0 Å². The average molecular weight is 382 g/mol. The van der Waals surface area contributed by atoms with Crippen molar-refractivity contribution in [2.75, 3.05) is 27.3 Å². The van der Waals surface area contributed by atoms with Crippen LogP contribution < -0.4 is 0 Å². The highest BCUT2D eigenvalue weighted by atomic mass is 16.5.